The van der Waals surface area contributed by atoms with Gasteiger partial charge in [-0.1, -0.05) is 0 Å². The fourth-order valence-electron chi connectivity index (χ4n) is 3.24. The second-order valence-corrected chi connectivity index (χ2v) is 6.57. The molecule has 1 saturated heterocycles. The molecular formula is C18H18F3N5O2. The third-order valence-corrected chi connectivity index (χ3v) is 4.64. The Bertz CT molecular complexity index is 897. The molecule has 1 amide bonds. The molecule has 0 unspecified atom stereocenters. The van der Waals surface area contributed by atoms with E-state index in [0.717, 1.165) is 17.4 Å². The van der Waals surface area contributed by atoms with Gasteiger partial charge in [0.1, 0.15) is 11.4 Å². The lowest BCUT2D eigenvalue weighted by molar-refractivity contribution is -0.137. The minimum atomic E-state index is -4.55. The predicted octanol–water partition coefficient (Wildman–Crippen LogP) is 2.96. The van der Waals surface area contributed by atoms with Crippen molar-refractivity contribution in [3.8, 4) is 0 Å². The molecule has 148 valence electrons. The van der Waals surface area contributed by atoms with Crippen LogP contribution in [0.2, 0.25) is 0 Å². The third-order valence-electron chi connectivity index (χ3n) is 4.64. The van der Waals surface area contributed by atoms with Crippen LogP contribution in [0, 0.1) is 0 Å². The molecular weight excluding hydrogens is 375 g/mol. The van der Waals surface area contributed by atoms with Crippen molar-refractivity contribution in [1.29, 1.82) is 0 Å². The van der Waals surface area contributed by atoms with Gasteiger partial charge >= 0.3 is 6.18 Å². The maximum absolute atomic E-state index is 13.4. The van der Waals surface area contributed by atoms with Gasteiger partial charge in [0.25, 0.3) is 0 Å². The number of hydrogen-bond acceptors (Lipinski definition) is 6. The summed E-state index contributed by atoms with van der Waals surface area (Å²) in [5.41, 5.74) is 1.46. The van der Waals surface area contributed by atoms with Gasteiger partial charge < -0.3 is 20.3 Å². The van der Waals surface area contributed by atoms with Crippen LogP contribution in [0.15, 0.2) is 24.4 Å². The predicted molar refractivity (Wildman–Crippen MR) is 96.7 cm³/mol. The van der Waals surface area contributed by atoms with Crippen molar-refractivity contribution in [3.63, 3.8) is 0 Å². The summed E-state index contributed by atoms with van der Waals surface area (Å²) in [6, 6.07) is 5.31. The van der Waals surface area contributed by atoms with Gasteiger partial charge in [-0.2, -0.15) is 18.2 Å². The molecule has 0 radical (unpaired) electrons. The lowest BCUT2D eigenvalue weighted by Crippen LogP contribution is -2.38. The molecule has 28 heavy (non-hydrogen) atoms. The van der Waals surface area contributed by atoms with E-state index in [1.54, 1.807) is 17.0 Å². The van der Waals surface area contributed by atoms with Crippen LogP contribution < -0.4 is 15.5 Å². The zero-order valence-electron chi connectivity index (χ0n) is 14.8. The Kier molecular flexibility index (Phi) is 4.80. The third kappa shape index (κ3) is 3.86. The van der Waals surface area contributed by atoms with Gasteiger partial charge in [-0.3, -0.25) is 4.79 Å². The number of rotatable bonds is 3. The van der Waals surface area contributed by atoms with Gasteiger partial charge in [0.2, 0.25) is 11.9 Å². The van der Waals surface area contributed by atoms with Gasteiger partial charge in [0.15, 0.2) is 0 Å². The highest BCUT2D eigenvalue weighted by atomic mass is 19.4. The second kappa shape index (κ2) is 7.27. The van der Waals surface area contributed by atoms with E-state index >= 15 is 0 Å². The number of aryl methyl sites for hydroxylation is 1. The summed E-state index contributed by atoms with van der Waals surface area (Å²) in [5, 5.41) is 5.75. The smallest absolute Gasteiger partial charge is 0.378 e. The molecule has 0 saturated carbocycles. The monoisotopic (exact) mass is 393 g/mol. The van der Waals surface area contributed by atoms with E-state index in [0.29, 0.717) is 44.8 Å². The quantitative estimate of drug-likeness (QED) is 0.835. The highest BCUT2D eigenvalue weighted by Crippen LogP contribution is 2.36. The molecule has 0 spiro atoms. The lowest BCUT2D eigenvalue weighted by atomic mass is 10.0. The molecule has 2 aliphatic heterocycles. The number of nitrogens with one attached hydrogen (secondary N) is 2. The molecule has 2 N–H and O–H groups in total. The van der Waals surface area contributed by atoms with Crippen LogP contribution in [-0.4, -0.2) is 42.2 Å². The standard InChI is InChI=1S/C18H18F3N5O2/c19-18(20,21)13-10-22-17(25-16(13)26-5-7-28-8-6-26)23-12-2-3-14-11(9-12)1-4-15(27)24-14/h2-3,9-10H,1,4-8H2,(H,24,27)(H,22,23,25). The van der Waals surface area contributed by atoms with E-state index < -0.39 is 11.7 Å². The summed E-state index contributed by atoms with van der Waals surface area (Å²) in [7, 11) is 0. The van der Waals surface area contributed by atoms with Crippen LogP contribution >= 0.6 is 0 Å². The van der Waals surface area contributed by atoms with Crippen LogP contribution in [0.1, 0.15) is 17.5 Å². The number of alkyl halides is 3. The van der Waals surface area contributed by atoms with Gasteiger partial charge in [-0.15, -0.1) is 0 Å². The number of benzene rings is 1. The Balaban J connectivity index is 1.62. The number of ether oxygens (including phenoxy) is 1. The molecule has 1 aromatic carbocycles. The van der Waals surface area contributed by atoms with E-state index in [4.69, 9.17) is 4.74 Å². The molecule has 1 fully saturated rings. The van der Waals surface area contributed by atoms with E-state index in [2.05, 4.69) is 20.6 Å². The molecule has 4 rings (SSSR count). The Hall–Kier alpha value is -2.88. The lowest BCUT2D eigenvalue weighted by Gasteiger charge is -2.30. The summed E-state index contributed by atoms with van der Waals surface area (Å²) in [4.78, 5) is 21.0. The van der Waals surface area contributed by atoms with Crippen LogP contribution in [0.5, 0.6) is 0 Å². The van der Waals surface area contributed by atoms with Gasteiger partial charge in [-0.25, -0.2) is 4.98 Å². The summed E-state index contributed by atoms with van der Waals surface area (Å²) in [5.74, 6) is -0.109. The average Bonchev–Trinajstić information content (AvgIpc) is 2.68. The molecule has 0 bridgehead atoms. The number of carbonyl (C=O) groups excluding carboxylic acids is 1. The molecule has 0 atom stereocenters. The SMILES string of the molecule is O=C1CCc2cc(Nc3ncc(C(F)(F)F)c(N4CCOCC4)n3)ccc2N1. The first-order valence-electron chi connectivity index (χ1n) is 8.87. The molecule has 3 heterocycles. The molecule has 10 heteroatoms. The zero-order chi connectivity index (χ0) is 19.7. The number of fused-ring (bicyclic) bond motifs is 1. The second-order valence-electron chi connectivity index (χ2n) is 6.57. The van der Waals surface area contributed by atoms with E-state index in [-0.39, 0.29) is 17.7 Å². The molecule has 7 nitrogen and oxygen atoms in total. The van der Waals surface area contributed by atoms with Crippen LogP contribution in [0.4, 0.5) is 36.3 Å². The normalized spacial score (nSPS) is 17.1. The molecule has 2 aromatic rings. The molecule has 2 aliphatic rings. The Morgan fingerprint density at radius 3 is 2.71 bits per heavy atom. The van der Waals surface area contributed by atoms with Gasteiger partial charge in [0.05, 0.1) is 13.2 Å². The number of amides is 1. The fourth-order valence-corrected chi connectivity index (χ4v) is 3.24. The maximum Gasteiger partial charge on any atom is 0.421 e. The van der Waals surface area contributed by atoms with Crippen molar-refractivity contribution < 1.29 is 22.7 Å². The van der Waals surface area contributed by atoms with Crippen LogP contribution in [0.25, 0.3) is 0 Å². The summed E-state index contributed by atoms with van der Waals surface area (Å²) >= 11 is 0. The van der Waals surface area contributed by atoms with Crippen molar-refractivity contribution in [2.45, 2.75) is 19.0 Å². The van der Waals surface area contributed by atoms with Crippen molar-refractivity contribution >= 4 is 29.0 Å². The number of aromatic nitrogens is 2. The number of nitrogens with zero attached hydrogens (tertiary/aromatic N) is 3. The summed E-state index contributed by atoms with van der Waals surface area (Å²) in [6.45, 7) is 1.36. The first kappa shape index (κ1) is 18.5. The minimum absolute atomic E-state index is 0.0329. The number of carbonyl (C=O) groups is 1. The first-order valence-corrected chi connectivity index (χ1v) is 8.87. The van der Waals surface area contributed by atoms with Gasteiger partial charge in [-0.05, 0) is 30.2 Å². The van der Waals surface area contributed by atoms with E-state index in [1.807, 2.05) is 6.07 Å². The van der Waals surface area contributed by atoms with E-state index in [9.17, 15) is 18.0 Å². The average molecular weight is 393 g/mol. The molecule has 0 aliphatic carbocycles. The largest absolute Gasteiger partial charge is 0.421 e. The number of hydrogen-bond donors (Lipinski definition) is 2. The van der Waals surface area contributed by atoms with E-state index in [1.165, 1.54) is 0 Å². The maximum atomic E-state index is 13.4. The van der Waals surface area contributed by atoms with Crippen molar-refractivity contribution in [2.75, 3.05) is 41.8 Å². The minimum Gasteiger partial charge on any atom is -0.378 e. The molecule has 1 aromatic heterocycles. The van der Waals surface area contributed by atoms with Crippen LogP contribution in [0.3, 0.4) is 0 Å². The zero-order valence-corrected chi connectivity index (χ0v) is 14.8. The number of anilines is 4. The Morgan fingerprint density at radius 2 is 1.96 bits per heavy atom. The first-order chi connectivity index (χ1) is 13.4. The van der Waals surface area contributed by atoms with Gasteiger partial charge in [0, 0.05) is 37.1 Å². The Labute approximate surface area is 158 Å². The fraction of sp³-hybridized carbons (Fsp3) is 0.389. The topological polar surface area (TPSA) is 79.4 Å². The highest BCUT2D eigenvalue weighted by molar-refractivity contribution is 5.94. The number of halogens is 3. The Morgan fingerprint density at radius 1 is 1.18 bits per heavy atom. The van der Waals surface area contributed by atoms with Crippen molar-refractivity contribution in [2.24, 2.45) is 0 Å². The highest BCUT2D eigenvalue weighted by Gasteiger charge is 2.37. The van der Waals surface area contributed by atoms with Crippen molar-refractivity contribution in [1.82, 2.24) is 9.97 Å². The summed E-state index contributed by atoms with van der Waals surface area (Å²) < 4.78 is 45.4. The number of morpholine rings is 1. The summed E-state index contributed by atoms with van der Waals surface area (Å²) in [6.07, 6.45) is -2.74. The van der Waals surface area contributed by atoms with Crippen molar-refractivity contribution in [3.05, 3.63) is 35.5 Å². The van der Waals surface area contributed by atoms with Crippen LogP contribution in [-0.2, 0) is 22.1 Å².